The zero-order valence-electron chi connectivity index (χ0n) is 14.8. The van der Waals surface area contributed by atoms with E-state index in [1.54, 1.807) is 6.20 Å². The van der Waals surface area contributed by atoms with Gasteiger partial charge in [0.2, 0.25) is 0 Å². The van der Waals surface area contributed by atoms with Gasteiger partial charge in [-0.3, -0.25) is 9.67 Å². The third-order valence-electron chi connectivity index (χ3n) is 4.94. The molecule has 4 heterocycles. The lowest BCUT2D eigenvalue weighted by atomic mass is 10.1. The minimum absolute atomic E-state index is 0.324. The maximum absolute atomic E-state index is 4.85. The molecule has 0 N–H and O–H groups in total. The molecule has 25 heavy (non-hydrogen) atoms. The van der Waals surface area contributed by atoms with Gasteiger partial charge in [0.05, 0.1) is 12.2 Å². The van der Waals surface area contributed by atoms with Gasteiger partial charge in [-0.2, -0.15) is 5.10 Å². The molecule has 1 aliphatic rings. The molecule has 0 bridgehead atoms. The Morgan fingerprint density at radius 2 is 2.04 bits per heavy atom. The van der Waals surface area contributed by atoms with Crippen molar-refractivity contribution in [3.8, 4) is 11.4 Å². The summed E-state index contributed by atoms with van der Waals surface area (Å²) in [5.74, 6) is 1.72. The number of hydrogen-bond acceptors (Lipinski definition) is 5. The molecule has 128 valence electrons. The molecule has 0 spiro atoms. The van der Waals surface area contributed by atoms with Crippen LogP contribution in [0.5, 0.6) is 0 Å². The van der Waals surface area contributed by atoms with Crippen molar-refractivity contribution >= 4 is 5.82 Å². The van der Waals surface area contributed by atoms with Gasteiger partial charge in [-0.1, -0.05) is 0 Å². The van der Waals surface area contributed by atoms with Crippen LogP contribution in [-0.2, 0) is 7.05 Å². The molecular weight excluding hydrogens is 312 g/mol. The normalized spacial score (nSPS) is 17.2. The van der Waals surface area contributed by atoms with Crippen LogP contribution in [0.2, 0.25) is 0 Å². The van der Waals surface area contributed by atoms with Crippen LogP contribution < -0.4 is 4.90 Å². The average Bonchev–Trinajstić information content (AvgIpc) is 3.23. The highest BCUT2D eigenvalue weighted by molar-refractivity contribution is 5.57. The molecule has 1 unspecified atom stereocenters. The van der Waals surface area contributed by atoms with E-state index >= 15 is 0 Å². The fourth-order valence-electron chi connectivity index (χ4n) is 3.53. The number of nitrogens with zero attached hydrogens (tertiary/aromatic N) is 6. The molecule has 0 saturated carbocycles. The van der Waals surface area contributed by atoms with Crippen molar-refractivity contribution in [2.45, 2.75) is 32.7 Å². The topological polar surface area (TPSA) is 59.7 Å². The van der Waals surface area contributed by atoms with Crippen LogP contribution in [0, 0.1) is 13.8 Å². The molecule has 0 aromatic carbocycles. The van der Waals surface area contributed by atoms with E-state index in [2.05, 4.69) is 33.0 Å². The highest BCUT2D eigenvalue weighted by atomic mass is 15.3. The Balaban J connectivity index is 1.73. The second kappa shape index (κ2) is 6.27. The molecule has 1 atom stereocenters. The number of rotatable bonds is 3. The first-order valence-corrected chi connectivity index (χ1v) is 8.64. The monoisotopic (exact) mass is 334 g/mol. The van der Waals surface area contributed by atoms with Crippen molar-refractivity contribution in [2.24, 2.45) is 7.05 Å². The van der Waals surface area contributed by atoms with Gasteiger partial charge in [0.1, 0.15) is 5.82 Å². The summed E-state index contributed by atoms with van der Waals surface area (Å²) in [4.78, 5) is 16.0. The van der Waals surface area contributed by atoms with Crippen LogP contribution in [0.15, 0.2) is 36.8 Å². The quantitative estimate of drug-likeness (QED) is 0.736. The van der Waals surface area contributed by atoms with Crippen LogP contribution in [0.4, 0.5) is 5.82 Å². The summed E-state index contributed by atoms with van der Waals surface area (Å²) in [5.41, 5.74) is 4.42. The Labute approximate surface area is 147 Å². The van der Waals surface area contributed by atoms with Crippen molar-refractivity contribution in [1.29, 1.82) is 0 Å². The molecule has 1 fully saturated rings. The van der Waals surface area contributed by atoms with E-state index in [1.807, 2.05) is 43.2 Å². The van der Waals surface area contributed by atoms with Crippen molar-refractivity contribution in [3.05, 3.63) is 53.7 Å². The molecule has 6 nitrogen and oxygen atoms in total. The Kier molecular flexibility index (Phi) is 3.95. The predicted molar refractivity (Wildman–Crippen MR) is 97.3 cm³/mol. The molecule has 0 amide bonds. The van der Waals surface area contributed by atoms with Crippen LogP contribution in [0.1, 0.15) is 35.8 Å². The Morgan fingerprint density at radius 1 is 1.16 bits per heavy atom. The van der Waals surface area contributed by atoms with Gasteiger partial charge < -0.3 is 4.90 Å². The summed E-state index contributed by atoms with van der Waals surface area (Å²) in [7, 11) is 1.99. The minimum Gasteiger partial charge on any atom is -0.349 e. The third-order valence-corrected chi connectivity index (χ3v) is 4.94. The van der Waals surface area contributed by atoms with Crippen LogP contribution in [-0.4, -0.2) is 31.3 Å². The maximum Gasteiger partial charge on any atom is 0.163 e. The van der Waals surface area contributed by atoms with Crippen molar-refractivity contribution in [2.75, 3.05) is 11.4 Å². The molecule has 1 aliphatic heterocycles. The molecular formula is C19H22N6. The molecule has 6 heteroatoms. The summed E-state index contributed by atoms with van der Waals surface area (Å²) in [6.07, 6.45) is 7.85. The SMILES string of the molecule is Cc1cc(N2CCCC2c2cnn(C)c2C)nc(-c2cccnc2)n1. The van der Waals surface area contributed by atoms with Gasteiger partial charge in [0.25, 0.3) is 0 Å². The van der Waals surface area contributed by atoms with E-state index in [9.17, 15) is 0 Å². The van der Waals surface area contributed by atoms with E-state index in [0.29, 0.717) is 6.04 Å². The van der Waals surface area contributed by atoms with Crippen LogP contribution in [0.3, 0.4) is 0 Å². The van der Waals surface area contributed by atoms with Gasteiger partial charge in [-0.15, -0.1) is 0 Å². The highest BCUT2D eigenvalue weighted by Gasteiger charge is 2.30. The summed E-state index contributed by atoms with van der Waals surface area (Å²) >= 11 is 0. The van der Waals surface area contributed by atoms with Crippen molar-refractivity contribution in [1.82, 2.24) is 24.7 Å². The van der Waals surface area contributed by atoms with E-state index in [-0.39, 0.29) is 0 Å². The van der Waals surface area contributed by atoms with E-state index in [4.69, 9.17) is 4.98 Å². The Morgan fingerprint density at radius 3 is 2.76 bits per heavy atom. The summed E-state index contributed by atoms with van der Waals surface area (Å²) < 4.78 is 1.94. The van der Waals surface area contributed by atoms with Gasteiger partial charge in [0, 0.05) is 54.6 Å². The third kappa shape index (κ3) is 2.88. The lowest BCUT2D eigenvalue weighted by Crippen LogP contribution is -2.24. The zero-order chi connectivity index (χ0) is 17.4. The zero-order valence-corrected chi connectivity index (χ0v) is 14.8. The number of aromatic nitrogens is 5. The number of anilines is 1. The second-order valence-corrected chi connectivity index (χ2v) is 6.59. The first-order chi connectivity index (χ1) is 12.1. The standard InChI is InChI=1S/C19H22N6/c1-13-10-18(23-19(22-13)15-6-4-8-20-11-15)25-9-5-7-17(25)16-12-21-24(3)14(16)2/h4,6,8,10-12,17H,5,7,9H2,1-3H3. The lowest BCUT2D eigenvalue weighted by molar-refractivity contribution is 0.693. The minimum atomic E-state index is 0.324. The number of aryl methyl sites for hydroxylation is 2. The maximum atomic E-state index is 4.85. The largest absolute Gasteiger partial charge is 0.349 e. The van der Waals surface area contributed by atoms with Gasteiger partial charge in [-0.05, 0) is 38.8 Å². The van der Waals surface area contributed by atoms with E-state index < -0.39 is 0 Å². The molecule has 4 rings (SSSR count). The average molecular weight is 334 g/mol. The smallest absolute Gasteiger partial charge is 0.163 e. The molecule has 3 aromatic rings. The van der Waals surface area contributed by atoms with Gasteiger partial charge in [0.15, 0.2) is 5.82 Å². The summed E-state index contributed by atoms with van der Waals surface area (Å²) in [6, 6.07) is 6.31. The highest BCUT2D eigenvalue weighted by Crippen LogP contribution is 2.37. The van der Waals surface area contributed by atoms with E-state index in [1.165, 1.54) is 11.3 Å². The van der Waals surface area contributed by atoms with Gasteiger partial charge in [-0.25, -0.2) is 9.97 Å². The van der Waals surface area contributed by atoms with E-state index in [0.717, 1.165) is 42.3 Å². The van der Waals surface area contributed by atoms with Crippen LogP contribution >= 0.6 is 0 Å². The van der Waals surface area contributed by atoms with Crippen LogP contribution in [0.25, 0.3) is 11.4 Å². The molecule has 0 aliphatic carbocycles. The first kappa shape index (κ1) is 15.7. The molecule has 1 saturated heterocycles. The Bertz CT molecular complexity index is 886. The predicted octanol–water partition coefficient (Wildman–Crippen LogP) is 3.23. The fourth-order valence-corrected chi connectivity index (χ4v) is 3.53. The first-order valence-electron chi connectivity index (χ1n) is 8.64. The van der Waals surface area contributed by atoms with Crippen molar-refractivity contribution in [3.63, 3.8) is 0 Å². The lowest BCUT2D eigenvalue weighted by Gasteiger charge is -2.26. The van der Waals surface area contributed by atoms with Gasteiger partial charge >= 0.3 is 0 Å². The summed E-state index contributed by atoms with van der Waals surface area (Å²) in [6.45, 7) is 5.15. The molecule has 0 radical (unpaired) electrons. The second-order valence-electron chi connectivity index (χ2n) is 6.59. The fraction of sp³-hybridized carbons (Fsp3) is 0.368. The summed E-state index contributed by atoms with van der Waals surface area (Å²) in [5, 5.41) is 4.42. The Hall–Kier alpha value is -2.76. The number of pyridine rings is 1. The number of hydrogen-bond donors (Lipinski definition) is 0. The molecule has 3 aromatic heterocycles. The van der Waals surface area contributed by atoms with Crippen molar-refractivity contribution < 1.29 is 0 Å².